The molecule has 0 heterocycles. The molecule has 0 fully saturated rings. The lowest BCUT2D eigenvalue weighted by Gasteiger charge is -2.09. The molecule has 1 N–H and O–H groups in total. The molecule has 6 nitrogen and oxygen atoms in total. The third-order valence-electron chi connectivity index (χ3n) is 2.93. The lowest BCUT2D eigenvalue weighted by atomic mass is 10.1. The van der Waals surface area contributed by atoms with Gasteiger partial charge in [0.1, 0.15) is 5.75 Å². The average Bonchev–Trinajstić information content (AvgIpc) is 2.45. The standard InChI is InChI=1S/C16H16N2O4/c1-11-7-12(2)9-15(8-11)22-10-16(19)17-13-3-5-14(6-4-13)18(20)21/h3-9H,10H2,1-2H3,(H,17,19). The first kappa shape index (κ1) is 15.5. The molecule has 0 spiro atoms. The van der Waals surface area contributed by atoms with Crippen molar-refractivity contribution >= 4 is 17.3 Å². The number of hydrogen-bond acceptors (Lipinski definition) is 4. The van der Waals surface area contributed by atoms with Crippen LogP contribution in [-0.2, 0) is 4.79 Å². The summed E-state index contributed by atoms with van der Waals surface area (Å²) in [6.07, 6.45) is 0. The first-order valence-electron chi connectivity index (χ1n) is 6.69. The number of non-ortho nitro benzene ring substituents is 1. The highest BCUT2D eigenvalue weighted by molar-refractivity contribution is 5.91. The van der Waals surface area contributed by atoms with Crippen LogP contribution in [0, 0.1) is 24.0 Å². The normalized spacial score (nSPS) is 10.1. The molecule has 2 aromatic rings. The monoisotopic (exact) mass is 300 g/mol. The quantitative estimate of drug-likeness (QED) is 0.679. The number of nitro benzene ring substituents is 1. The number of nitro groups is 1. The van der Waals surface area contributed by atoms with Crippen LogP contribution in [0.5, 0.6) is 5.75 Å². The first-order valence-corrected chi connectivity index (χ1v) is 6.69. The summed E-state index contributed by atoms with van der Waals surface area (Å²) in [5, 5.41) is 13.2. The Hall–Kier alpha value is -2.89. The largest absolute Gasteiger partial charge is 0.484 e. The van der Waals surface area contributed by atoms with Gasteiger partial charge in [-0.3, -0.25) is 14.9 Å². The summed E-state index contributed by atoms with van der Waals surface area (Å²) in [7, 11) is 0. The number of rotatable bonds is 5. The third kappa shape index (κ3) is 4.31. The molecule has 0 aliphatic heterocycles. The summed E-state index contributed by atoms with van der Waals surface area (Å²) in [6, 6.07) is 11.3. The summed E-state index contributed by atoms with van der Waals surface area (Å²) in [6.45, 7) is 3.79. The Labute approximate surface area is 127 Å². The molecule has 0 unspecified atom stereocenters. The zero-order chi connectivity index (χ0) is 16.1. The zero-order valence-corrected chi connectivity index (χ0v) is 12.3. The van der Waals surface area contributed by atoms with Gasteiger partial charge in [0.2, 0.25) is 0 Å². The minimum atomic E-state index is -0.491. The number of nitrogens with zero attached hydrogens (tertiary/aromatic N) is 1. The van der Waals surface area contributed by atoms with Crippen molar-refractivity contribution < 1.29 is 14.5 Å². The van der Waals surface area contributed by atoms with Crippen molar-refractivity contribution in [1.29, 1.82) is 0 Å². The van der Waals surface area contributed by atoms with Crippen LogP contribution in [0.2, 0.25) is 0 Å². The topological polar surface area (TPSA) is 81.5 Å². The Balaban J connectivity index is 1.91. The Bertz CT molecular complexity index is 676. The number of aryl methyl sites for hydroxylation is 2. The van der Waals surface area contributed by atoms with E-state index in [1.54, 1.807) is 0 Å². The van der Waals surface area contributed by atoms with Crippen LogP contribution in [0.1, 0.15) is 11.1 Å². The van der Waals surface area contributed by atoms with Gasteiger partial charge in [0, 0.05) is 17.8 Å². The second kappa shape index (κ2) is 6.71. The summed E-state index contributed by atoms with van der Waals surface area (Å²) in [5.41, 5.74) is 2.58. The van der Waals surface area contributed by atoms with E-state index in [-0.39, 0.29) is 18.2 Å². The van der Waals surface area contributed by atoms with E-state index < -0.39 is 4.92 Å². The van der Waals surface area contributed by atoms with E-state index in [1.165, 1.54) is 24.3 Å². The summed E-state index contributed by atoms with van der Waals surface area (Å²) in [5.74, 6) is 0.310. The minimum Gasteiger partial charge on any atom is -0.484 e. The van der Waals surface area contributed by atoms with Crippen molar-refractivity contribution in [2.75, 3.05) is 11.9 Å². The number of benzene rings is 2. The SMILES string of the molecule is Cc1cc(C)cc(OCC(=O)Nc2ccc([N+](=O)[O-])cc2)c1. The van der Waals surface area contributed by atoms with E-state index >= 15 is 0 Å². The molecule has 2 aromatic carbocycles. The Morgan fingerprint density at radius 2 is 1.73 bits per heavy atom. The molecule has 0 bridgehead atoms. The molecule has 6 heteroatoms. The number of nitrogens with one attached hydrogen (secondary N) is 1. The van der Waals surface area contributed by atoms with Gasteiger partial charge in [-0.15, -0.1) is 0 Å². The zero-order valence-electron chi connectivity index (χ0n) is 12.3. The van der Waals surface area contributed by atoms with Gasteiger partial charge >= 0.3 is 0 Å². The predicted octanol–water partition coefficient (Wildman–Crippen LogP) is 3.23. The molecule has 0 saturated carbocycles. The Morgan fingerprint density at radius 1 is 1.14 bits per heavy atom. The van der Waals surface area contributed by atoms with Crippen molar-refractivity contribution in [2.24, 2.45) is 0 Å². The highest BCUT2D eigenvalue weighted by Crippen LogP contribution is 2.17. The van der Waals surface area contributed by atoms with Crippen LogP contribution in [0.3, 0.4) is 0 Å². The van der Waals surface area contributed by atoms with E-state index in [9.17, 15) is 14.9 Å². The number of anilines is 1. The molecular weight excluding hydrogens is 284 g/mol. The molecular formula is C16H16N2O4. The maximum atomic E-state index is 11.8. The molecule has 0 saturated heterocycles. The molecule has 114 valence electrons. The van der Waals surface area contributed by atoms with E-state index in [0.717, 1.165) is 11.1 Å². The summed E-state index contributed by atoms with van der Waals surface area (Å²) >= 11 is 0. The van der Waals surface area contributed by atoms with Crippen molar-refractivity contribution in [3.63, 3.8) is 0 Å². The molecule has 0 radical (unpaired) electrons. The van der Waals surface area contributed by atoms with Gasteiger partial charge < -0.3 is 10.1 Å². The number of carbonyl (C=O) groups excluding carboxylic acids is 1. The lowest BCUT2D eigenvalue weighted by molar-refractivity contribution is -0.384. The van der Waals surface area contributed by atoms with E-state index in [1.807, 2.05) is 32.0 Å². The second-order valence-electron chi connectivity index (χ2n) is 4.96. The van der Waals surface area contributed by atoms with E-state index in [4.69, 9.17) is 4.74 Å². The lowest BCUT2D eigenvalue weighted by Crippen LogP contribution is -2.20. The van der Waals surface area contributed by atoms with Crippen molar-refractivity contribution in [1.82, 2.24) is 0 Å². The fraction of sp³-hybridized carbons (Fsp3) is 0.188. The summed E-state index contributed by atoms with van der Waals surface area (Å²) in [4.78, 5) is 21.9. The van der Waals surface area contributed by atoms with Gasteiger partial charge in [0.15, 0.2) is 6.61 Å². The van der Waals surface area contributed by atoms with Gasteiger partial charge in [-0.1, -0.05) is 6.07 Å². The smallest absolute Gasteiger partial charge is 0.269 e. The highest BCUT2D eigenvalue weighted by Gasteiger charge is 2.07. The maximum Gasteiger partial charge on any atom is 0.269 e. The summed E-state index contributed by atoms with van der Waals surface area (Å²) < 4.78 is 5.44. The maximum absolute atomic E-state index is 11.8. The van der Waals surface area contributed by atoms with Crippen LogP contribution in [-0.4, -0.2) is 17.4 Å². The molecule has 22 heavy (non-hydrogen) atoms. The van der Waals surface area contributed by atoms with E-state index in [2.05, 4.69) is 5.32 Å². The van der Waals surface area contributed by atoms with Crippen molar-refractivity contribution in [3.8, 4) is 5.75 Å². The Kier molecular flexibility index (Phi) is 4.73. The molecule has 0 aromatic heterocycles. The van der Waals surface area contributed by atoms with Gasteiger partial charge in [0.25, 0.3) is 11.6 Å². The minimum absolute atomic E-state index is 0.0236. The number of carbonyl (C=O) groups is 1. The predicted molar refractivity (Wildman–Crippen MR) is 83.1 cm³/mol. The van der Waals surface area contributed by atoms with Gasteiger partial charge in [0.05, 0.1) is 4.92 Å². The number of hydrogen-bond donors (Lipinski definition) is 1. The van der Waals surface area contributed by atoms with E-state index in [0.29, 0.717) is 11.4 Å². The van der Waals surface area contributed by atoms with Crippen LogP contribution >= 0.6 is 0 Å². The number of amides is 1. The average molecular weight is 300 g/mol. The van der Waals surface area contributed by atoms with Crippen LogP contribution in [0.15, 0.2) is 42.5 Å². The van der Waals surface area contributed by atoms with Gasteiger partial charge in [-0.25, -0.2) is 0 Å². The first-order chi connectivity index (χ1) is 10.4. The Morgan fingerprint density at radius 3 is 2.27 bits per heavy atom. The van der Waals surface area contributed by atoms with Crippen LogP contribution in [0.4, 0.5) is 11.4 Å². The molecule has 0 atom stereocenters. The molecule has 2 rings (SSSR count). The van der Waals surface area contributed by atoms with Crippen LogP contribution < -0.4 is 10.1 Å². The fourth-order valence-corrected chi connectivity index (χ4v) is 2.03. The third-order valence-corrected chi connectivity index (χ3v) is 2.93. The fourth-order valence-electron chi connectivity index (χ4n) is 2.03. The van der Waals surface area contributed by atoms with Crippen LogP contribution in [0.25, 0.3) is 0 Å². The van der Waals surface area contributed by atoms with Gasteiger partial charge in [-0.05, 0) is 49.2 Å². The second-order valence-corrected chi connectivity index (χ2v) is 4.96. The molecule has 0 aliphatic carbocycles. The number of ether oxygens (including phenoxy) is 1. The van der Waals surface area contributed by atoms with Crippen molar-refractivity contribution in [2.45, 2.75) is 13.8 Å². The highest BCUT2D eigenvalue weighted by atomic mass is 16.6. The van der Waals surface area contributed by atoms with Gasteiger partial charge in [-0.2, -0.15) is 0 Å². The molecule has 0 aliphatic rings. The molecule has 1 amide bonds. The van der Waals surface area contributed by atoms with Crippen molar-refractivity contribution in [3.05, 3.63) is 63.7 Å².